The Bertz CT molecular complexity index is 169. The molecule has 1 aromatic rings. The fraction of sp³-hybridized carbons (Fsp3) is 0. The Balaban J connectivity index is 0.000000640. The molecule has 0 aliphatic heterocycles. The summed E-state index contributed by atoms with van der Waals surface area (Å²) in [4.78, 5) is 0. The molecule has 0 bridgehead atoms. The van der Waals surface area contributed by atoms with Gasteiger partial charge in [0.1, 0.15) is 0 Å². The van der Waals surface area contributed by atoms with E-state index in [0.717, 1.165) is 0 Å². The summed E-state index contributed by atoms with van der Waals surface area (Å²) < 4.78 is 2.65. The van der Waals surface area contributed by atoms with E-state index in [0.29, 0.717) is 0 Å². The van der Waals surface area contributed by atoms with Crippen LogP contribution in [0.25, 0.3) is 0 Å². The van der Waals surface area contributed by atoms with Gasteiger partial charge in [-0.15, -0.1) is 12.4 Å². The van der Waals surface area contributed by atoms with Crippen molar-refractivity contribution in [3.63, 3.8) is 0 Å². The van der Waals surface area contributed by atoms with E-state index >= 15 is 0 Å². The second kappa shape index (κ2) is 4.43. The molecule has 0 unspecified atom stereocenters. The number of rotatable bonds is 0. The Morgan fingerprint density at radius 3 is 2.11 bits per heavy atom. The Hall–Kier alpha value is 0.613. The second-order valence-electron chi connectivity index (χ2n) is 1.59. The second-order valence-corrected chi connectivity index (χ2v) is 4.04. The number of hydrogen-bond donors (Lipinski definition) is 0. The SMILES string of the molecule is Cl.[Zn][c]1ccccc1Br. The third-order valence-corrected chi connectivity index (χ3v) is 4.11. The number of hydrogen-bond acceptors (Lipinski definition) is 0. The van der Waals surface area contributed by atoms with Crippen molar-refractivity contribution in [3.8, 4) is 0 Å². The monoisotopic (exact) mass is 255 g/mol. The molecule has 0 aromatic heterocycles. The van der Waals surface area contributed by atoms with Gasteiger partial charge >= 0.3 is 67.1 Å². The molecule has 0 atom stereocenters. The normalized spacial score (nSPS) is 8.33. The van der Waals surface area contributed by atoms with Gasteiger partial charge < -0.3 is 0 Å². The molecule has 1 rings (SSSR count). The fourth-order valence-electron chi connectivity index (χ4n) is 0.498. The standard InChI is InChI=1S/C6H4Br.ClH.Zn/c7-6-4-2-1-3-5-6;;/h1-4H;1H;. The van der Waals surface area contributed by atoms with E-state index in [9.17, 15) is 0 Å². The van der Waals surface area contributed by atoms with Crippen molar-refractivity contribution >= 4 is 32.5 Å². The molecule has 0 nitrogen and oxygen atoms in total. The van der Waals surface area contributed by atoms with Crippen LogP contribution in [0.4, 0.5) is 0 Å². The molecule has 0 spiro atoms. The predicted octanol–water partition coefficient (Wildman–Crippen LogP) is 2.04. The molecule has 0 radical (unpaired) electrons. The maximum atomic E-state index is 3.43. The fourth-order valence-corrected chi connectivity index (χ4v) is 1.32. The van der Waals surface area contributed by atoms with E-state index in [-0.39, 0.29) is 12.4 Å². The summed E-state index contributed by atoms with van der Waals surface area (Å²) in [5.74, 6) is 0. The molecule has 45 valence electrons. The van der Waals surface area contributed by atoms with E-state index in [2.05, 4.69) is 34.1 Å². The summed E-state index contributed by atoms with van der Waals surface area (Å²) in [6, 6.07) is 8.29. The van der Waals surface area contributed by atoms with Crippen LogP contribution in [0, 0.1) is 0 Å². The van der Waals surface area contributed by atoms with Gasteiger partial charge in [-0.1, -0.05) is 0 Å². The van der Waals surface area contributed by atoms with Crippen molar-refractivity contribution in [1.29, 1.82) is 0 Å². The van der Waals surface area contributed by atoms with Gasteiger partial charge in [0, 0.05) is 0 Å². The van der Waals surface area contributed by atoms with Crippen LogP contribution >= 0.6 is 28.3 Å². The molecule has 0 saturated carbocycles. The zero-order valence-corrected chi connectivity index (χ0v) is 10.2. The Morgan fingerprint density at radius 2 is 1.78 bits per heavy atom. The van der Waals surface area contributed by atoms with Crippen LogP contribution in [0.5, 0.6) is 0 Å². The molecule has 0 amide bonds. The summed E-state index contributed by atoms with van der Waals surface area (Å²) >= 11 is 4.65. The minimum absolute atomic E-state index is 0. The molecule has 0 aliphatic carbocycles. The van der Waals surface area contributed by atoms with Gasteiger partial charge in [0.05, 0.1) is 0 Å². The Kier molecular flexibility index (Phi) is 4.73. The first-order valence-corrected chi connectivity index (χ1v) is 4.65. The molecule has 0 saturated heterocycles. The van der Waals surface area contributed by atoms with Crippen molar-refractivity contribution in [3.05, 3.63) is 28.7 Å². The maximum absolute atomic E-state index is 3.43. The van der Waals surface area contributed by atoms with E-state index in [1.165, 1.54) is 26.9 Å². The average molecular weight is 258 g/mol. The predicted molar refractivity (Wildman–Crippen MR) is 41.0 cm³/mol. The zero-order valence-electron chi connectivity index (χ0n) is 4.80. The van der Waals surface area contributed by atoms with Crippen molar-refractivity contribution in [1.82, 2.24) is 0 Å². The molecule has 0 fully saturated rings. The van der Waals surface area contributed by atoms with Gasteiger partial charge in [-0.2, -0.15) is 0 Å². The number of halogens is 2. The summed E-state index contributed by atoms with van der Waals surface area (Å²) in [7, 11) is 0. The summed E-state index contributed by atoms with van der Waals surface area (Å²) in [6.45, 7) is 0. The van der Waals surface area contributed by atoms with Gasteiger partial charge in [-0.25, -0.2) is 0 Å². The molecule has 1 aromatic carbocycles. The molecular weight excluding hydrogens is 253 g/mol. The molecule has 0 aliphatic rings. The third kappa shape index (κ3) is 2.79. The van der Waals surface area contributed by atoms with E-state index < -0.39 is 0 Å². The minimum atomic E-state index is 0. The van der Waals surface area contributed by atoms with Gasteiger partial charge in [0.2, 0.25) is 0 Å². The van der Waals surface area contributed by atoms with Gasteiger partial charge in [0.15, 0.2) is 0 Å². The topological polar surface area (TPSA) is 0 Å². The van der Waals surface area contributed by atoms with Crippen LogP contribution in [0.15, 0.2) is 28.7 Å². The molecule has 3 heteroatoms. The van der Waals surface area contributed by atoms with Crippen LogP contribution in [0.3, 0.4) is 0 Å². The van der Waals surface area contributed by atoms with Crippen LogP contribution in [0.2, 0.25) is 0 Å². The number of benzene rings is 1. The average Bonchev–Trinajstić information content (AvgIpc) is 1.77. The first-order chi connectivity index (χ1) is 3.80. The van der Waals surface area contributed by atoms with E-state index in [1.807, 2.05) is 6.07 Å². The van der Waals surface area contributed by atoms with Crippen LogP contribution in [0.1, 0.15) is 0 Å². The Labute approximate surface area is 79.3 Å². The van der Waals surface area contributed by atoms with Crippen molar-refractivity contribution in [2.24, 2.45) is 0 Å². The van der Waals surface area contributed by atoms with Crippen LogP contribution in [-0.2, 0) is 18.3 Å². The van der Waals surface area contributed by atoms with Crippen molar-refractivity contribution < 1.29 is 18.3 Å². The molecule has 9 heavy (non-hydrogen) atoms. The first kappa shape index (κ1) is 9.61. The van der Waals surface area contributed by atoms with Crippen LogP contribution < -0.4 is 4.16 Å². The van der Waals surface area contributed by atoms with Gasteiger partial charge in [0.25, 0.3) is 0 Å². The molecule has 0 heterocycles. The van der Waals surface area contributed by atoms with E-state index in [4.69, 9.17) is 0 Å². The third-order valence-electron chi connectivity index (χ3n) is 0.958. The van der Waals surface area contributed by atoms with Gasteiger partial charge in [-0.3, -0.25) is 0 Å². The molecular formula is C6H5BrClZn. The summed E-state index contributed by atoms with van der Waals surface area (Å²) in [5, 5.41) is 0. The van der Waals surface area contributed by atoms with Crippen molar-refractivity contribution in [2.75, 3.05) is 0 Å². The Morgan fingerprint density at radius 1 is 1.22 bits per heavy atom. The summed E-state index contributed by atoms with van der Waals surface area (Å²) in [6.07, 6.45) is 0. The zero-order chi connectivity index (χ0) is 5.98. The molecule has 0 N–H and O–H groups in total. The van der Waals surface area contributed by atoms with Crippen LogP contribution in [-0.4, -0.2) is 0 Å². The quantitative estimate of drug-likeness (QED) is 0.624. The van der Waals surface area contributed by atoms with E-state index in [1.54, 1.807) is 0 Å². The summed E-state index contributed by atoms with van der Waals surface area (Å²) in [5.41, 5.74) is 0. The first-order valence-electron chi connectivity index (χ1n) is 2.37. The van der Waals surface area contributed by atoms with Crippen molar-refractivity contribution in [2.45, 2.75) is 0 Å². The van der Waals surface area contributed by atoms with Gasteiger partial charge in [-0.05, 0) is 0 Å².